The van der Waals surface area contributed by atoms with Gasteiger partial charge in [0.1, 0.15) is 0 Å². The van der Waals surface area contributed by atoms with E-state index in [0.717, 1.165) is 16.6 Å². The van der Waals surface area contributed by atoms with Gasteiger partial charge in [-0.25, -0.2) is 0 Å². The predicted molar refractivity (Wildman–Crippen MR) is 90.3 cm³/mol. The molecule has 0 spiro atoms. The minimum Gasteiger partial charge on any atom is -0.374 e. The van der Waals surface area contributed by atoms with Crippen LogP contribution in [0.3, 0.4) is 0 Å². The minimum atomic E-state index is -0.143. The molecule has 0 fully saturated rings. The number of carbonyl (C=O) groups excluding carboxylic acids is 1. The first-order valence-electron chi connectivity index (χ1n) is 6.85. The van der Waals surface area contributed by atoms with Gasteiger partial charge in [-0.15, -0.1) is 0 Å². The summed E-state index contributed by atoms with van der Waals surface area (Å²) < 4.78 is 0. The maximum Gasteiger partial charge on any atom is 0.243 e. The van der Waals surface area contributed by atoms with Crippen molar-refractivity contribution in [3.05, 3.63) is 65.8 Å². The van der Waals surface area contributed by atoms with Crippen LogP contribution in [0.4, 0.5) is 11.4 Å². The van der Waals surface area contributed by atoms with Crippen LogP contribution in [0.15, 0.2) is 60.8 Å². The Morgan fingerprint density at radius 2 is 1.91 bits per heavy atom. The molecule has 0 aliphatic heterocycles. The molecule has 22 heavy (non-hydrogen) atoms. The van der Waals surface area contributed by atoms with Crippen molar-refractivity contribution in [2.75, 3.05) is 17.2 Å². The highest BCUT2D eigenvalue weighted by molar-refractivity contribution is 6.30. The van der Waals surface area contributed by atoms with Crippen LogP contribution in [-0.4, -0.2) is 17.4 Å². The molecular formula is C17H14ClN3O. The summed E-state index contributed by atoms with van der Waals surface area (Å²) in [6, 6.07) is 16.7. The molecule has 2 aromatic carbocycles. The van der Waals surface area contributed by atoms with Crippen molar-refractivity contribution in [2.24, 2.45) is 0 Å². The van der Waals surface area contributed by atoms with Crippen molar-refractivity contribution in [3.63, 3.8) is 0 Å². The Morgan fingerprint density at radius 3 is 2.77 bits per heavy atom. The Balaban J connectivity index is 1.68. The monoisotopic (exact) mass is 311 g/mol. The average Bonchev–Trinajstić information content (AvgIpc) is 2.53. The van der Waals surface area contributed by atoms with Crippen molar-refractivity contribution >= 4 is 39.8 Å². The number of carbonyl (C=O) groups is 1. The fourth-order valence-electron chi connectivity index (χ4n) is 2.19. The number of nitrogens with zero attached hydrogens (tertiary/aromatic N) is 1. The van der Waals surface area contributed by atoms with E-state index in [0.29, 0.717) is 10.7 Å². The lowest BCUT2D eigenvalue weighted by Crippen LogP contribution is -2.21. The second-order valence-corrected chi connectivity index (χ2v) is 5.23. The van der Waals surface area contributed by atoms with Crippen LogP contribution in [0.5, 0.6) is 0 Å². The molecule has 0 aliphatic carbocycles. The Hall–Kier alpha value is -2.59. The molecule has 0 bridgehead atoms. The number of halogens is 1. The Morgan fingerprint density at radius 1 is 1.09 bits per heavy atom. The van der Waals surface area contributed by atoms with Gasteiger partial charge in [-0.1, -0.05) is 35.9 Å². The maximum absolute atomic E-state index is 12.0. The van der Waals surface area contributed by atoms with E-state index in [2.05, 4.69) is 15.6 Å². The van der Waals surface area contributed by atoms with Crippen LogP contribution in [0.2, 0.25) is 5.02 Å². The third-order valence-corrected chi connectivity index (χ3v) is 3.42. The Kier molecular flexibility index (Phi) is 4.21. The predicted octanol–water partition coefficient (Wildman–Crippen LogP) is 3.94. The summed E-state index contributed by atoms with van der Waals surface area (Å²) in [5.74, 6) is -0.143. The summed E-state index contributed by atoms with van der Waals surface area (Å²) in [6.45, 7) is 0.155. The van der Waals surface area contributed by atoms with E-state index < -0.39 is 0 Å². The van der Waals surface area contributed by atoms with E-state index in [1.54, 1.807) is 30.5 Å². The number of aromatic nitrogens is 1. The van der Waals surface area contributed by atoms with Gasteiger partial charge < -0.3 is 10.6 Å². The van der Waals surface area contributed by atoms with Gasteiger partial charge in [-0.2, -0.15) is 0 Å². The van der Waals surface area contributed by atoms with Crippen molar-refractivity contribution in [1.82, 2.24) is 4.98 Å². The molecule has 2 N–H and O–H groups in total. The average molecular weight is 312 g/mol. The summed E-state index contributed by atoms with van der Waals surface area (Å²) in [5, 5.41) is 7.53. The molecule has 0 atom stereocenters. The smallest absolute Gasteiger partial charge is 0.243 e. The van der Waals surface area contributed by atoms with E-state index >= 15 is 0 Å². The Bertz CT molecular complexity index is 814. The van der Waals surface area contributed by atoms with E-state index in [1.807, 2.05) is 30.3 Å². The quantitative estimate of drug-likeness (QED) is 0.767. The van der Waals surface area contributed by atoms with E-state index in [1.165, 1.54) is 0 Å². The summed E-state index contributed by atoms with van der Waals surface area (Å²) in [7, 11) is 0. The number of rotatable bonds is 4. The first-order valence-corrected chi connectivity index (χ1v) is 7.23. The first-order chi connectivity index (χ1) is 10.7. The molecule has 1 aromatic heterocycles. The summed E-state index contributed by atoms with van der Waals surface area (Å²) in [4.78, 5) is 16.3. The standard InChI is InChI=1S/C17H14ClN3O/c18-13-6-2-7-14(10-13)21-16(22)11-20-15-8-1-4-12-5-3-9-19-17(12)15/h1-10,20H,11H2,(H,21,22). The van der Waals surface area contributed by atoms with Crippen LogP contribution in [0, 0.1) is 0 Å². The van der Waals surface area contributed by atoms with Crippen LogP contribution in [0.25, 0.3) is 10.9 Å². The molecule has 5 heteroatoms. The number of hydrogen-bond acceptors (Lipinski definition) is 3. The second-order valence-electron chi connectivity index (χ2n) is 4.79. The molecule has 3 aromatic rings. The van der Waals surface area contributed by atoms with Crippen LogP contribution >= 0.6 is 11.6 Å². The van der Waals surface area contributed by atoms with Crippen molar-refractivity contribution < 1.29 is 4.79 Å². The van der Waals surface area contributed by atoms with Gasteiger partial charge in [0.2, 0.25) is 5.91 Å². The first kappa shape index (κ1) is 14.4. The zero-order valence-electron chi connectivity index (χ0n) is 11.7. The number of para-hydroxylation sites is 1. The highest BCUT2D eigenvalue weighted by Crippen LogP contribution is 2.20. The number of amides is 1. The molecule has 110 valence electrons. The normalized spacial score (nSPS) is 10.4. The van der Waals surface area contributed by atoms with Gasteiger partial charge >= 0.3 is 0 Å². The summed E-state index contributed by atoms with van der Waals surface area (Å²) >= 11 is 5.89. The highest BCUT2D eigenvalue weighted by Gasteiger charge is 2.05. The topological polar surface area (TPSA) is 54.0 Å². The van der Waals surface area contributed by atoms with E-state index in [-0.39, 0.29) is 12.5 Å². The molecule has 0 unspecified atom stereocenters. The number of hydrogen-bond donors (Lipinski definition) is 2. The highest BCUT2D eigenvalue weighted by atomic mass is 35.5. The minimum absolute atomic E-state index is 0.143. The summed E-state index contributed by atoms with van der Waals surface area (Å²) in [6.07, 6.45) is 1.74. The zero-order chi connectivity index (χ0) is 15.4. The fourth-order valence-corrected chi connectivity index (χ4v) is 2.38. The van der Waals surface area contributed by atoms with Gasteiger partial charge in [0, 0.05) is 22.3 Å². The Labute approximate surface area is 133 Å². The van der Waals surface area contributed by atoms with Gasteiger partial charge in [-0.05, 0) is 30.3 Å². The molecule has 3 rings (SSSR count). The molecule has 0 saturated carbocycles. The van der Waals surface area contributed by atoms with Gasteiger partial charge in [0.25, 0.3) is 0 Å². The number of benzene rings is 2. The lowest BCUT2D eigenvalue weighted by Gasteiger charge is -2.09. The molecule has 1 heterocycles. The van der Waals surface area contributed by atoms with Gasteiger partial charge in [-0.3, -0.25) is 9.78 Å². The largest absolute Gasteiger partial charge is 0.374 e. The molecule has 4 nitrogen and oxygen atoms in total. The zero-order valence-corrected chi connectivity index (χ0v) is 12.5. The van der Waals surface area contributed by atoms with Crippen molar-refractivity contribution in [1.29, 1.82) is 0 Å². The number of fused-ring (bicyclic) bond motifs is 1. The second kappa shape index (κ2) is 6.45. The van der Waals surface area contributed by atoms with Crippen molar-refractivity contribution in [3.8, 4) is 0 Å². The van der Waals surface area contributed by atoms with Gasteiger partial charge in [0.05, 0.1) is 17.7 Å². The van der Waals surface area contributed by atoms with Crippen molar-refractivity contribution in [2.45, 2.75) is 0 Å². The third-order valence-electron chi connectivity index (χ3n) is 3.18. The molecule has 1 amide bonds. The SMILES string of the molecule is O=C(CNc1cccc2cccnc12)Nc1cccc(Cl)c1. The molecule has 0 radical (unpaired) electrons. The third kappa shape index (κ3) is 3.35. The molecule has 0 saturated heterocycles. The lowest BCUT2D eigenvalue weighted by molar-refractivity contribution is -0.114. The fraction of sp³-hybridized carbons (Fsp3) is 0.0588. The molecular weight excluding hydrogens is 298 g/mol. The van der Waals surface area contributed by atoms with E-state index in [9.17, 15) is 4.79 Å². The molecule has 0 aliphatic rings. The summed E-state index contributed by atoms with van der Waals surface area (Å²) in [5.41, 5.74) is 2.36. The van der Waals surface area contributed by atoms with E-state index in [4.69, 9.17) is 11.6 Å². The lowest BCUT2D eigenvalue weighted by atomic mass is 10.2. The number of pyridine rings is 1. The van der Waals surface area contributed by atoms with Crippen LogP contribution in [0.1, 0.15) is 0 Å². The van der Waals surface area contributed by atoms with Gasteiger partial charge in [0.15, 0.2) is 0 Å². The number of nitrogens with one attached hydrogen (secondary N) is 2. The number of anilines is 2. The van der Waals surface area contributed by atoms with Crippen LogP contribution < -0.4 is 10.6 Å². The maximum atomic E-state index is 12.0. The van der Waals surface area contributed by atoms with Crippen LogP contribution in [-0.2, 0) is 4.79 Å².